The first kappa shape index (κ1) is 18.5. The number of aromatic nitrogens is 1. The number of aryl methyl sites for hydroxylation is 3. The molecule has 0 aliphatic heterocycles. The predicted octanol–water partition coefficient (Wildman–Crippen LogP) is 4.87. The van der Waals surface area contributed by atoms with E-state index in [9.17, 15) is 4.79 Å². The molecule has 0 saturated carbocycles. The van der Waals surface area contributed by atoms with E-state index in [1.54, 1.807) is 6.21 Å². The number of hydrogen-bond donors (Lipinski definition) is 2. The third-order valence-corrected chi connectivity index (χ3v) is 4.53. The van der Waals surface area contributed by atoms with Gasteiger partial charge in [-0.05, 0) is 57.5 Å². The Morgan fingerprint density at radius 2 is 1.70 bits per heavy atom. The molecule has 0 fully saturated rings. The van der Waals surface area contributed by atoms with Gasteiger partial charge in [-0.25, -0.2) is 10.2 Å². The second-order valence-corrected chi connectivity index (χ2v) is 6.64. The summed E-state index contributed by atoms with van der Waals surface area (Å²) >= 11 is 0. The van der Waals surface area contributed by atoms with Crippen LogP contribution in [0.5, 0.6) is 0 Å². The summed E-state index contributed by atoms with van der Waals surface area (Å²) in [6.45, 7) is 8.12. The number of para-hydroxylation sites is 1. The maximum atomic E-state index is 12.0. The zero-order chi connectivity index (χ0) is 19.4. The summed E-state index contributed by atoms with van der Waals surface area (Å²) in [7, 11) is 0. The molecule has 0 bridgehead atoms. The lowest BCUT2D eigenvalue weighted by molar-refractivity contribution is 0.252. The molecule has 27 heavy (non-hydrogen) atoms. The lowest BCUT2D eigenvalue weighted by Crippen LogP contribution is -2.24. The fraction of sp³-hybridized carbons (Fsp3) is 0.182. The van der Waals surface area contributed by atoms with Crippen molar-refractivity contribution in [2.75, 3.05) is 5.32 Å². The van der Waals surface area contributed by atoms with Gasteiger partial charge in [0.05, 0.1) is 6.21 Å². The van der Waals surface area contributed by atoms with E-state index in [-0.39, 0.29) is 6.03 Å². The van der Waals surface area contributed by atoms with Crippen LogP contribution in [-0.4, -0.2) is 16.8 Å². The van der Waals surface area contributed by atoms with Crippen molar-refractivity contribution in [2.24, 2.45) is 5.10 Å². The molecule has 0 aliphatic carbocycles. The highest BCUT2D eigenvalue weighted by Crippen LogP contribution is 2.20. The summed E-state index contributed by atoms with van der Waals surface area (Å²) in [4.78, 5) is 12.0. The molecule has 1 aromatic heterocycles. The van der Waals surface area contributed by atoms with Crippen LogP contribution < -0.4 is 10.7 Å². The number of hydrazone groups is 1. The number of nitrogens with zero attached hydrogens (tertiary/aromatic N) is 2. The van der Waals surface area contributed by atoms with Crippen molar-refractivity contribution in [1.82, 2.24) is 9.99 Å². The third-order valence-electron chi connectivity index (χ3n) is 4.53. The maximum absolute atomic E-state index is 12.0. The number of nitrogens with one attached hydrogen (secondary N) is 2. The summed E-state index contributed by atoms with van der Waals surface area (Å²) < 4.78 is 2.17. The quantitative estimate of drug-likeness (QED) is 0.506. The molecule has 1 heterocycles. The zero-order valence-electron chi connectivity index (χ0n) is 16.1. The largest absolute Gasteiger partial charge is 0.339 e. The van der Waals surface area contributed by atoms with Gasteiger partial charge in [0.1, 0.15) is 0 Å². The molecule has 0 aliphatic rings. The van der Waals surface area contributed by atoms with Crippen molar-refractivity contribution >= 4 is 17.9 Å². The van der Waals surface area contributed by atoms with E-state index < -0.39 is 0 Å². The van der Waals surface area contributed by atoms with Crippen LogP contribution in [0.15, 0.2) is 59.7 Å². The summed E-state index contributed by atoms with van der Waals surface area (Å²) in [6, 6.07) is 17.7. The average Bonchev–Trinajstić information content (AvgIpc) is 2.92. The average molecular weight is 360 g/mol. The van der Waals surface area contributed by atoms with Crippen molar-refractivity contribution in [3.63, 3.8) is 0 Å². The number of amides is 2. The Bertz CT molecular complexity index is 984. The van der Waals surface area contributed by atoms with Gasteiger partial charge in [-0.3, -0.25) is 0 Å². The van der Waals surface area contributed by atoms with Crippen molar-refractivity contribution in [2.45, 2.75) is 27.7 Å². The van der Waals surface area contributed by atoms with Gasteiger partial charge in [-0.2, -0.15) is 5.10 Å². The summed E-state index contributed by atoms with van der Waals surface area (Å²) in [5.41, 5.74) is 9.77. The monoisotopic (exact) mass is 360 g/mol. The van der Waals surface area contributed by atoms with E-state index in [0.717, 1.165) is 33.9 Å². The molecule has 3 rings (SSSR count). The molecular weight excluding hydrogens is 336 g/mol. The minimum Gasteiger partial charge on any atom is -0.318 e. The van der Waals surface area contributed by atoms with Gasteiger partial charge in [0.2, 0.25) is 0 Å². The first-order valence-electron chi connectivity index (χ1n) is 8.87. The predicted molar refractivity (Wildman–Crippen MR) is 111 cm³/mol. The molecule has 2 N–H and O–H groups in total. The third kappa shape index (κ3) is 4.26. The molecule has 0 atom stereocenters. The van der Waals surface area contributed by atoms with Gasteiger partial charge in [-0.1, -0.05) is 35.9 Å². The Balaban J connectivity index is 1.71. The first-order chi connectivity index (χ1) is 13.0. The molecule has 2 amide bonds. The standard InChI is InChI=1S/C22H24N4O/c1-15-9-11-20(12-10-15)26-17(3)13-19(18(26)4)14-23-25-22(27)24-21-8-6-5-7-16(21)2/h5-14H,1-4H3,(H2,24,25,27). The fourth-order valence-corrected chi connectivity index (χ4v) is 3.03. The Kier molecular flexibility index (Phi) is 5.41. The van der Waals surface area contributed by atoms with Gasteiger partial charge in [0.15, 0.2) is 0 Å². The first-order valence-corrected chi connectivity index (χ1v) is 8.87. The van der Waals surface area contributed by atoms with Crippen molar-refractivity contribution < 1.29 is 4.79 Å². The summed E-state index contributed by atoms with van der Waals surface area (Å²) in [5, 5.41) is 6.88. The van der Waals surface area contributed by atoms with Crippen molar-refractivity contribution in [3.05, 3.63) is 82.7 Å². The Labute approximate surface area is 159 Å². The van der Waals surface area contributed by atoms with Gasteiger partial charge in [-0.15, -0.1) is 0 Å². The van der Waals surface area contributed by atoms with E-state index in [1.165, 1.54) is 5.56 Å². The minimum atomic E-state index is -0.368. The van der Waals surface area contributed by atoms with Gasteiger partial charge < -0.3 is 9.88 Å². The number of rotatable bonds is 4. The van der Waals surface area contributed by atoms with Crippen LogP contribution in [0.1, 0.15) is 28.1 Å². The zero-order valence-corrected chi connectivity index (χ0v) is 16.1. The van der Waals surface area contributed by atoms with Crippen LogP contribution in [-0.2, 0) is 0 Å². The molecule has 0 unspecified atom stereocenters. The number of carbonyl (C=O) groups excluding carboxylic acids is 1. The summed E-state index contributed by atoms with van der Waals surface area (Å²) in [5.74, 6) is 0. The van der Waals surface area contributed by atoms with Crippen LogP contribution in [0.25, 0.3) is 5.69 Å². The molecule has 0 radical (unpaired) electrons. The molecule has 3 aromatic rings. The van der Waals surface area contributed by atoms with E-state index >= 15 is 0 Å². The second-order valence-electron chi connectivity index (χ2n) is 6.64. The highest BCUT2D eigenvalue weighted by Gasteiger charge is 2.09. The normalized spacial score (nSPS) is 11.0. The molecular formula is C22H24N4O. The topological polar surface area (TPSA) is 58.4 Å². The number of hydrogen-bond acceptors (Lipinski definition) is 2. The highest BCUT2D eigenvalue weighted by atomic mass is 16.2. The fourth-order valence-electron chi connectivity index (χ4n) is 3.03. The van der Waals surface area contributed by atoms with Crippen LogP contribution in [0.3, 0.4) is 0 Å². The van der Waals surface area contributed by atoms with Gasteiger partial charge >= 0.3 is 6.03 Å². The second kappa shape index (κ2) is 7.91. The van der Waals surface area contributed by atoms with Crippen molar-refractivity contribution in [1.29, 1.82) is 0 Å². The van der Waals surface area contributed by atoms with E-state index in [4.69, 9.17) is 0 Å². The summed E-state index contributed by atoms with van der Waals surface area (Å²) in [6.07, 6.45) is 1.67. The van der Waals surface area contributed by atoms with Gasteiger partial charge in [0, 0.05) is 28.3 Å². The molecule has 138 valence electrons. The smallest absolute Gasteiger partial charge is 0.318 e. The van der Waals surface area contributed by atoms with Crippen LogP contribution in [0.4, 0.5) is 10.5 Å². The Morgan fingerprint density at radius 3 is 2.41 bits per heavy atom. The van der Waals surface area contributed by atoms with Crippen LogP contribution in [0.2, 0.25) is 0 Å². The van der Waals surface area contributed by atoms with E-state index in [2.05, 4.69) is 64.6 Å². The van der Waals surface area contributed by atoms with E-state index in [0.29, 0.717) is 0 Å². The van der Waals surface area contributed by atoms with Crippen molar-refractivity contribution in [3.8, 4) is 5.69 Å². The lowest BCUT2D eigenvalue weighted by atomic mass is 10.2. The minimum absolute atomic E-state index is 0.368. The van der Waals surface area contributed by atoms with Gasteiger partial charge in [0.25, 0.3) is 0 Å². The molecule has 5 nitrogen and oxygen atoms in total. The Morgan fingerprint density at radius 1 is 1.00 bits per heavy atom. The number of carbonyl (C=O) groups is 1. The van der Waals surface area contributed by atoms with E-state index in [1.807, 2.05) is 38.1 Å². The number of urea groups is 1. The SMILES string of the molecule is Cc1ccc(-n2c(C)cc(C=NNC(=O)Nc3ccccc3C)c2C)cc1. The molecule has 0 saturated heterocycles. The molecule has 0 spiro atoms. The highest BCUT2D eigenvalue weighted by molar-refractivity contribution is 5.91. The molecule has 2 aromatic carbocycles. The lowest BCUT2D eigenvalue weighted by Gasteiger charge is -2.09. The molecule has 5 heteroatoms. The Hall–Kier alpha value is -3.34. The van der Waals surface area contributed by atoms with Crippen LogP contribution in [0, 0.1) is 27.7 Å². The van der Waals surface area contributed by atoms with Crippen LogP contribution >= 0.6 is 0 Å². The number of anilines is 1. The number of benzene rings is 2. The maximum Gasteiger partial charge on any atom is 0.339 e.